The highest BCUT2D eigenvalue weighted by atomic mass is 35.5. The van der Waals surface area contributed by atoms with Crippen LogP contribution in [0.4, 0.5) is 23.7 Å². The summed E-state index contributed by atoms with van der Waals surface area (Å²) < 4.78 is 72.5. The molecule has 2 heterocycles. The second kappa shape index (κ2) is 16.6. The van der Waals surface area contributed by atoms with Crippen LogP contribution in [0.15, 0.2) is 52.9 Å². The fraction of sp³-hybridized carbons (Fsp3) is 0.590. The quantitative estimate of drug-likeness (QED) is 0.303. The predicted octanol–water partition coefficient (Wildman–Crippen LogP) is 8.50. The molecule has 1 fully saturated rings. The summed E-state index contributed by atoms with van der Waals surface area (Å²) in [7, 11) is -2.09. The van der Waals surface area contributed by atoms with Gasteiger partial charge in [-0.15, -0.1) is 4.36 Å². The summed E-state index contributed by atoms with van der Waals surface area (Å²) in [6.07, 6.45) is 2.23. The number of urea groups is 1. The maximum Gasteiger partial charge on any atom is 0.393 e. The van der Waals surface area contributed by atoms with Crippen LogP contribution in [0.5, 0.6) is 5.75 Å². The maximum atomic E-state index is 14.3. The van der Waals surface area contributed by atoms with Crippen molar-refractivity contribution in [3.8, 4) is 5.75 Å². The zero-order chi connectivity index (χ0) is 38.7. The van der Waals surface area contributed by atoms with Gasteiger partial charge < -0.3 is 19.7 Å². The molecule has 2 bridgehead atoms. The number of nitrogens with zero attached hydrogens (tertiary/aromatic N) is 2. The lowest BCUT2D eigenvalue weighted by Gasteiger charge is -2.42. The number of aryl methyl sites for hydroxylation is 1. The molecule has 9 nitrogen and oxygen atoms in total. The van der Waals surface area contributed by atoms with Crippen LogP contribution in [0.1, 0.15) is 81.8 Å². The van der Waals surface area contributed by atoms with Crippen molar-refractivity contribution in [3.63, 3.8) is 0 Å². The Morgan fingerprint density at radius 3 is 2.60 bits per heavy atom. The first-order valence-corrected chi connectivity index (χ1v) is 20.6. The fourth-order valence-electron chi connectivity index (χ4n) is 7.80. The van der Waals surface area contributed by atoms with E-state index < -0.39 is 40.0 Å². The van der Waals surface area contributed by atoms with Crippen molar-refractivity contribution in [2.75, 3.05) is 37.5 Å². The van der Waals surface area contributed by atoms with Crippen molar-refractivity contribution in [2.24, 2.45) is 28.0 Å². The highest BCUT2D eigenvalue weighted by molar-refractivity contribution is 7.92. The van der Waals surface area contributed by atoms with Crippen LogP contribution in [-0.4, -0.2) is 67.0 Å². The van der Waals surface area contributed by atoms with Crippen LogP contribution in [-0.2, 0) is 26.5 Å². The minimum atomic E-state index is -4.45. The highest BCUT2D eigenvalue weighted by Gasteiger charge is 2.56. The second-order valence-electron chi connectivity index (χ2n) is 14.9. The van der Waals surface area contributed by atoms with Gasteiger partial charge in [0, 0.05) is 42.2 Å². The van der Waals surface area contributed by atoms with Crippen LogP contribution < -0.4 is 19.7 Å². The number of rotatable bonds is 3. The summed E-state index contributed by atoms with van der Waals surface area (Å²) in [5.74, 6) is -2.14. The molecule has 14 heteroatoms. The molecule has 1 unspecified atom stereocenters. The summed E-state index contributed by atoms with van der Waals surface area (Å²) in [4.78, 5) is 29.0. The van der Waals surface area contributed by atoms with Gasteiger partial charge in [-0.05, 0) is 91.3 Å². The molecule has 1 saturated carbocycles. The van der Waals surface area contributed by atoms with E-state index in [2.05, 4.69) is 39.2 Å². The molecule has 8 atom stereocenters. The molecule has 0 radical (unpaired) electrons. The van der Waals surface area contributed by atoms with Gasteiger partial charge in [0.2, 0.25) is 0 Å². The molecule has 1 spiro atoms. The molecule has 0 saturated heterocycles. The molecule has 2 N–H and O–H groups in total. The number of hydrogen-bond acceptors (Lipinski definition) is 6. The molecule has 292 valence electrons. The molecule has 2 aromatic carbocycles. The molecule has 2 aliphatic carbocycles. The predicted molar refractivity (Wildman–Crippen MR) is 203 cm³/mol. The Bertz CT molecular complexity index is 1820. The SMILES string of the molecule is CC.CO[C@H]1/C=C/C[C@H](C)CS(=O)(NC(=O)N[C@H]2C[C@@H]2C(F)(F)F)=NC(=O)c2ccc3c(c2)N(C[C@H](C)[C@H]1C)C[C@@]1(CCCc2cc(Cl)ccc21)CO3. The zero-order valence-corrected chi connectivity index (χ0v) is 32.9. The van der Waals surface area contributed by atoms with Crippen molar-refractivity contribution < 1.29 is 36.4 Å². The lowest BCUT2D eigenvalue weighted by molar-refractivity contribution is -0.148. The first-order valence-electron chi connectivity index (χ1n) is 18.5. The first kappa shape index (κ1) is 40.9. The number of nitrogens with one attached hydrogen (secondary N) is 2. The van der Waals surface area contributed by atoms with Gasteiger partial charge in [0.25, 0.3) is 5.91 Å². The number of ether oxygens (including phenoxy) is 2. The van der Waals surface area contributed by atoms with Crippen molar-refractivity contribution in [1.82, 2.24) is 10.0 Å². The molecule has 3 amide bonds. The minimum absolute atomic E-state index is 0.0906. The van der Waals surface area contributed by atoms with Crippen LogP contribution in [0, 0.1) is 23.7 Å². The summed E-state index contributed by atoms with van der Waals surface area (Å²) in [6.45, 7) is 11.8. The molecule has 0 aromatic heterocycles. The molecule has 6 rings (SSSR count). The van der Waals surface area contributed by atoms with E-state index in [9.17, 15) is 27.0 Å². The van der Waals surface area contributed by atoms with E-state index in [0.717, 1.165) is 19.3 Å². The molecule has 2 aliphatic heterocycles. The van der Waals surface area contributed by atoms with Gasteiger partial charge in [0.05, 0.1) is 30.1 Å². The van der Waals surface area contributed by atoms with Crippen LogP contribution in [0.2, 0.25) is 5.02 Å². The molecular formula is C39H52ClF3N4O5S. The van der Waals surface area contributed by atoms with Crippen molar-refractivity contribution in [2.45, 2.75) is 90.5 Å². The summed E-state index contributed by atoms with van der Waals surface area (Å²) in [5.41, 5.74) is 2.91. The normalized spacial score (nSPS) is 32.1. The van der Waals surface area contributed by atoms with Gasteiger partial charge in [-0.25, -0.2) is 9.00 Å². The molecule has 53 heavy (non-hydrogen) atoms. The number of fused-ring (bicyclic) bond motifs is 3. The Hall–Kier alpha value is -3.29. The summed E-state index contributed by atoms with van der Waals surface area (Å²) in [5, 5.41) is 2.95. The van der Waals surface area contributed by atoms with Crippen LogP contribution in [0.3, 0.4) is 0 Å². The smallest absolute Gasteiger partial charge is 0.393 e. The Morgan fingerprint density at radius 1 is 1.15 bits per heavy atom. The first-order chi connectivity index (χ1) is 25.1. The van der Waals surface area contributed by atoms with E-state index in [-0.39, 0.29) is 47.0 Å². The number of methoxy groups -OCH3 is 1. The van der Waals surface area contributed by atoms with Crippen molar-refractivity contribution in [1.29, 1.82) is 0 Å². The third-order valence-electron chi connectivity index (χ3n) is 10.9. The van der Waals surface area contributed by atoms with Gasteiger partial charge in [-0.3, -0.25) is 9.52 Å². The lowest BCUT2D eigenvalue weighted by Crippen LogP contribution is -2.47. The minimum Gasteiger partial charge on any atom is -0.490 e. The largest absolute Gasteiger partial charge is 0.490 e. The number of hydrogen-bond donors (Lipinski definition) is 2. The number of allylic oxidation sites excluding steroid dienone is 1. The second-order valence-corrected chi connectivity index (χ2v) is 17.3. The van der Waals surface area contributed by atoms with Gasteiger partial charge >= 0.3 is 12.2 Å². The Labute approximate surface area is 316 Å². The lowest BCUT2D eigenvalue weighted by atomic mass is 9.70. The molecule has 4 aliphatic rings. The summed E-state index contributed by atoms with van der Waals surface area (Å²) in [6, 6.07) is 8.86. The van der Waals surface area contributed by atoms with Crippen molar-refractivity contribution in [3.05, 3.63) is 70.3 Å². The van der Waals surface area contributed by atoms with E-state index in [1.54, 1.807) is 25.3 Å². The van der Waals surface area contributed by atoms with Crippen molar-refractivity contribution >= 4 is 39.1 Å². The Morgan fingerprint density at radius 2 is 1.91 bits per heavy atom. The van der Waals surface area contributed by atoms with Gasteiger partial charge in [-0.2, -0.15) is 13.2 Å². The number of amides is 3. The highest BCUT2D eigenvalue weighted by Crippen LogP contribution is 2.46. The number of carbonyl (C=O) groups is 2. The number of carbonyl (C=O) groups excluding carboxylic acids is 2. The standard InChI is InChI=1S/C37H46ClF3N4O5S.C2H6/c1-22-7-5-9-32(49-4)24(3)23(2)18-45-20-36(14-6-8-25-15-27(38)11-12-28(25)36)21-50-33-13-10-26(16-31(33)45)34(46)43-51(48,19-22)44-35(47)42-30-17-29(30)37(39,40)41;1-2/h5,9-13,15-16,22-24,29-30,32H,6-8,14,17-21H2,1-4H3,(H2,42,43,44,46,47,48);1-2H3/b9-5+;/t22-,23-,24+,29-,30-,32-,36-,51?;/m0./s1. The molecular weight excluding hydrogens is 729 g/mol. The summed E-state index contributed by atoms with van der Waals surface area (Å²) >= 11 is 6.41. The fourth-order valence-corrected chi connectivity index (χ4v) is 9.83. The van der Waals surface area contributed by atoms with Gasteiger partial charge in [0.15, 0.2) is 0 Å². The average Bonchev–Trinajstić information content (AvgIpc) is 3.90. The topological polar surface area (TPSA) is 109 Å². The average molecular weight is 781 g/mol. The Kier molecular flexibility index (Phi) is 12.8. The van der Waals surface area contributed by atoms with Crippen LogP contribution in [0.25, 0.3) is 0 Å². The van der Waals surface area contributed by atoms with Crippen LogP contribution >= 0.6 is 11.6 Å². The third-order valence-corrected chi connectivity index (χ3v) is 13.1. The van der Waals surface area contributed by atoms with E-state index in [1.807, 2.05) is 45.1 Å². The molecule has 2 aromatic rings. The van der Waals surface area contributed by atoms with E-state index in [1.165, 1.54) is 11.1 Å². The van der Waals surface area contributed by atoms with Gasteiger partial charge in [0.1, 0.15) is 15.7 Å². The van der Waals surface area contributed by atoms with E-state index >= 15 is 0 Å². The third kappa shape index (κ3) is 9.51. The Balaban J connectivity index is 0.00000266. The van der Waals surface area contributed by atoms with E-state index in [0.29, 0.717) is 42.6 Å². The maximum absolute atomic E-state index is 14.3. The number of alkyl halides is 3. The van der Waals surface area contributed by atoms with Gasteiger partial charge in [-0.1, -0.05) is 64.4 Å². The number of halogens is 4. The number of benzene rings is 2. The van der Waals surface area contributed by atoms with E-state index in [4.69, 9.17) is 21.1 Å². The monoisotopic (exact) mass is 780 g/mol. The zero-order valence-electron chi connectivity index (χ0n) is 31.3. The number of anilines is 1.